The van der Waals surface area contributed by atoms with Crippen molar-refractivity contribution in [3.05, 3.63) is 22.4 Å². The Kier molecular flexibility index (Phi) is 4.99. The van der Waals surface area contributed by atoms with E-state index in [4.69, 9.17) is 0 Å². The molecule has 1 aliphatic carbocycles. The highest BCUT2D eigenvalue weighted by Crippen LogP contribution is 2.35. The number of likely N-dealkylation sites (tertiary alicyclic amines) is 1. The van der Waals surface area contributed by atoms with E-state index in [0.29, 0.717) is 18.6 Å². The van der Waals surface area contributed by atoms with Crippen LogP contribution in [0.15, 0.2) is 16.8 Å². The van der Waals surface area contributed by atoms with Crippen molar-refractivity contribution in [2.24, 2.45) is 11.8 Å². The van der Waals surface area contributed by atoms with Gasteiger partial charge >= 0.3 is 0 Å². The third kappa shape index (κ3) is 3.50. The molecule has 0 aromatic carbocycles. The van der Waals surface area contributed by atoms with Gasteiger partial charge in [-0.2, -0.15) is 11.3 Å². The predicted octanol–water partition coefficient (Wildman–Crippen LogP) is 2.88. The number of rotatable bonds is 5. The molecule has 4 heteroatoms. The molecule has 3 atom stereocenters. The van der Waals surface area contributed by atoms with Gasteiger partial charge in [0.2, 0.25) is 0 Å². The molecule has 118 valence electrons. The number of fused-ring (bicyclic) bond motifs is 2. The number of aliphatic hydroxyl groups excluding tert-OH is 1. The summed E-state index contributed by atoms with van der Waals surface area (Å²) in [5.41, 5.74) is 1.05. The molecule has 1 aliphatic heterocycles. The molecule has 2 aliphatic rings. The van der Waals surface area contributed by atoms with Crippen molar-refractivity contribution in [3.8, 4) is 0 Å². The van der Waals surface area contributed by atoms with E-state index in [1.807, 2.05) is 11.4 Å². The van der Waals surface area contributed by atoms with Gasteiger partial charge in [0.15, 0.2) is 0 Å². The quantitative estimate of drug-likeness (QED) is 0.878. The van der Waals surface area contributed by atoms with Crippen LogP contribution in [0, 0.1) is 11.8 Å². The van der Waals surface area contributed by atoms with Crippen molar-refractivity contribution in [2.45, 2.75) is 51.3 Å². The van der Waals surface area contributed by atoms with E-state index < -0.39 is 0 Å². The molecule has 2 heterocycles. The van der Waals surface area contributed by atoms with Crippen LogP contribution in [-0.4, -0.2) is 41.7 Å². The number of hydrogen-bond donors (Lipinski definition) is 2. The predicted molar refractivity (Wildman–Crippen MR) is 88.6 cm³/mol. The summed E-state index contributed by atoms with van der Waals surface area (Å²) in [6.07, 6.45) is 3.70. The Morgan fingerprint density at radius 1 is 1.33 bits per heavy atom. The Morgan fingerprint density at radius 2 is 2.05 bits per heavy atom. The summed E-state index contributed by atoms with van der Waals surface area (Å²) >= 11 is 1.66. The minimum absolute atomic E-state index is 0.361. The lowest BCUT2D eigenvalue weighted by molar-refractivity contribution is 0.0240. The molecule has 0 amide bonds. The van der Waals surface area contributed by atoms with Crippen LogP contribution in [0.5, 0.6) is 0 Å². The molecule has 0 radical (unpaired) electrons. The lowest BCUT2D eigenvalue weighted by Gasteiger charge is -2.49. The molecule has 2 N–H and O–H groups in total. The van der Waals surface area contributed by atoms with Gasteiger partial charge in [-0.25, -0.2) is 0 Å². The fourth-order valence-corrected chi connectivity index (χ4v) is 4.77. The minimum Gasteiger partial charge on any atom is -0.387 e. The summed E-state index contributed by atoms with van der Waals surface area (Å²) in [4.78, 5) is 2.64. The van der Waals surface area contributed by atoms with Gasteiger partial charge in [0.25, 0.3) is 0 Å². The van der Waals surface area contributed by atoms with Crippen molar-refractivity contribution >= 4 is 11.3 Å². The molecule has 21 heavy (non-hydrogen) atoms. The van der Waals surface area contributed by atoms with Gasteiger partial charge in [-0.15, -0.1) is 0 Å². The molecule has 3 nitrogen and oxygen atoms in total. The highest BCUT2D eigenvalue weighted by Gasteiger charge is 2.39. The van der Waals surface area contributed by atoms with Crippen molar-refractivity contribution in [1.82, 2.24) is 10.2 Å². The number of aliphatic hydroxyl groups is 1. The average Bonchev–Trinajstić information content (AvgIpc) is 2.97. The van der Waals surface area contributed by atoms with Gasteiger partial charge in [-0.05, 0) is 60.9 Å². The fourth-order valence-electron chi connectivity index (χ4n) is 4.06. The zero-order chi connectivity index (χ0) is 14.8. The second-order valence-electron chi connectivity index (χ2n) is 7.01. The summed E-state index contributed by atoms with van der Waals surface area (Å²) in [7, 11) is 0. The lowest BCUT2D eigenvalue weighted by Crippen LogP contribution is -2.58. The Balaban J connectivity index is 1.58. The van der Waals surface area contributed by atoms with Crippen molar-refractivity contribution in [3.63, 3.8) is 0 Å². The molecular weight excluding hydrogens is 280 g/mol. The van der Waals surface area contributed by atoms with Crippen LogP contribution in [0.1, 0.15) is 44.8 Å². The van der Waals surface area contributed by atoms with Crippen molar-refractivity contribution in [2.75, 3.05) is 19.6 Å². The van der Waals surface area contributed by atoms with Crippen LogP contribution in [0.25, 0.3) is 0 Å². The van der Waals surface area contributed by atoms with Gasteiger partial charge in [0.1, 0.15) is 0 Å². The molecule has 2 fully saturated rings. The topological polar surface area (TPSA) is 35.5 Å². The van der Waals surface area contributed by atoms with E-state index in [1.165, 1.54) is 32.4 Å². The molecule has 3 unspecified atom stereocenters. The molecule has 1 aromatic rings. The monoisotopic (exact) mass is 308 g/mol. The Bertz CT molecular complexity index is 420. The maximum absolute atomic E-state index is 10.3. The van der Waals surface area contributed by atoms with Crippen molar-refractivity contribution in [1.29, 1.82) is 0 Å². The largest absolute Gasteiger partial charge is 0.387 e. The van der Waals surface area contributed by atoms with Crippen LogP contribution in [0.4, 0.5) is 0 Å². The number of thiophene rings is 1. The first kappa shape index (κ1) is 15.5. The summed E-state index contributed by atoms with van der Waals surface area (Å²) in [5, 5.41) is 18.1. The maximum Gasteiger partial charge on any atom is 0.0922 e. The Labute approximate surface area is 132 Å². The van der Waals surface area contributed by atoms with E-state index in [9.17, 15) is 5.11 Å². The number of nitrogens with zero attached hydrogens (tertiary/aromatic N) is 1. The van der Waals surface area contributed by atoms with E-state index in [0.717, 1.165) is 17.4 Å². The van der Waals surface area contributed by atoms with E-state index in [1.54, 1.807) is 11.3 Å². The van der Waals surface area contributed by atoms with Gasteiger partial charge < -0.3 is 15.3 Å². The van der Waals surface area contributed by atoms with Gasteiger partial charge in [0, 0.05) is 31.7 Å². The highest BCUT2D eigenvalue weighted by molar-refractivity contribution is 7.07. The summed E-state index contributed by atoms with van der Waals surface area (Å²) < 4.78 is 0. The molecular formula is C17H28N2OS. The van der Waals surface area contributed by atoms with E-state index >= 15 is 0 Å². The highest BCUT2D eigenvalue weighted by atomic mass is 32.1. The van der Waals surface area contributed by atoms with E-state index in [-0.39, 0.29) is 6.10 Å². The van der Waals surface area contributed by atoms with Crippen LogP contribution >= 0.6 is 11.3 Å². The summed E-state index contributed by atoms with van der Waals surface area (Å²) in [5.74, 6) is 1.52. The van der Waals surface area contributed by atoms with Crippen LogP contribution in [-0.2, 0) is 0 Å². The zero-order valence-electron chi connectivity index (χ0n) is 13.2. The first-order valence-corrected chi connectivity index (χ1v) is 9.27. The van der Waals surface area contributed by atoms with Gasteiger partial charge in [-0.3, -0.25) is 0 Å². The molecule has 0 spiro atoms. The Hall–Kier alpha value is -0.420. The summed E-state index contributed by atoms with van der Waals surface area (Å²) in [6, 6.07) is 3.28. The van der Waals surface area contributed by atoms with Gasteiger partial charge in [0.05, 0.1) is 6.10 Å². The maximum atomic E-state index is 10.3. The minimum atomic E-state index is -0.361. The molecule has 3 rings (SSSR count). The lowest BCUT2D eigenvalue weighted by atomic mass is 9.73. The fraction of sp³-hybridized carbons (Fsp3) is 0.765. The molecule has 1 saturated carbocycles. The normalized spacial score (nSPS) is 31.5. The third-order valence-corrected chi connectivity index (χ3v) is 6.01. The standard InChI is InChI=1S/C17H28N2OS/c1-12(2)19-9-13-4-3-5-14(10-19)17(13)18-8-16(20)15-6-7-21-11-15/h6-7,11-14,16-18,20H,3-5,8-10H2,1-2H3. The van der Waals surface area contributed by atoms with Crippen LogP contribution in [0.3, 0.4) is 0 Å². The van der Waals surface area contributed by atoms with Crippen LogP contribution < -0.4 is 5.32 Å². The smallest absolute Gasteiger partial charge is 0.0922 e. The Morgan fingerprint density at radius 3 is 2.62 bits per heavy atom. The van der Waals surface area contributed by atoms with Crippen molar-refractivity contribution < 1.29 is 5.11 Å². The molecule has 1 aromatic heterocycles. The van der Waals surface area contributed by atoms with E-state index in [2.05, 4.69) is 29.4 Å². The number of nitrogens with one attached hydrogen (secondary N) is 1. The summed E-state index contributed by atoms with van der Waals surface area (Å²) in [6.45, 7) is 7.75. The third-order valence-electron chi connectivity index (χ3n) is 5.31. The molecule has 1 saturated heterocycles. The first-order valence-electron chi connectivity index (χ1n) is 8.32. The first-order chi connectivity index (χ1) is 10.1. The average molecular weight is 308 g/mol. The number of hydrogen-bond acceptors (Lipinski definition) is 4. The number of piperidine rings is 1. The van der Waals surface area contributed by atoms with Crippen LogP contribution in [0.2, 0.25) is 0 Å². The SMILES string of the molecule is CC(C)N1CC2CCCC(C1)C2NCC(O)c1ccsc1. The van der Waals surface area contributed by atoms with Gasteiger partial charge in [-0.1, -0.05) is 6.42 Å². The second kappa shape index (κ2) is 6.78. The molecule has 2 bridgehead atoms. The second-order valence-corrected chi connectivity index (χ2v) is 7.79. The zero-order valence-corrected chi connectivity index (χ0v) is 14.0.